The van der Waals surface area contributed by atoms with Crippen LogP contribution in [0.4, 0.5) is 0 Å². The highest BCUT2D eigenvalue weighted by Crippen LogP contribution is 2.20. The van der Waals surface area contributed by atoms with Crippen LogP contribution in [0, 0.1) is 0 Å². The van der Waals surface area contributed by atoms with E-state index in [1.165, 1.54) is 4.31 Å². The monoisotopic (exact) mass is 327 g/mol. The predicted molar refractivity (Wildman–Crippen MR) is 85.8 cm³/mol. The molecular formula is C14H21N3O2S2. The fourth-order valence-electron chi connectivity index (χ4n) is 2.19. The third-order valence-corrected chi connectivity index (χ3v) is 5.85. The highest BCUT2D eigenvalue weighted by atomic mass is 32.2. The summed E-state index contributed by atoms with van der Waals surface area (Å²) in [6.07, 6.45) is 1.71. The van der Waals surface area contributed by atoms with Crippen LogP contribution in [0.1, 0.15) is 18.2 Å². The minimum absolute atomic E-state index is 0.354. The zero-order valence-electron chi connectivity index (χ0n) is 12.5. The van der Waals surface area contributed by atoms with Crippen molar-refractivity contribution in [2.45, 2.75) is 31.5 Å². The number of sulfonamides is 1. The highest BCUT2D eigenvalue weighted by Gasteiger charge is 2.23. The van der Waals surface area contributed by atoms with Crippen LogP contribution >= 0.6 is 11.3 Å². The zero-order chi connectivity index (χ0) is 15.5. The Bertz CT molecular complexity index is 675. The van der Waals surface area contributed by atoms with Crippen molar-refractivity contribution in [1.29, 1.82) is 0 Å². The van der Waals surface area contributed by atoms with Crippen molar-refractivity contribution in [3.63, 3.8) is 0 Å². The smallest absolute Gasteiger partial charge is 0.244 e. The molecule has 2 aromatic heterocycles. The SMILES string of the molecule is CCn1cc(S(=O)(=O)N(C)Cc2ccsc2)cc1CNC. The summed E-state index contributed by atoms with van der Waals surface area (Å²) >= 11 is 1.57. The molecule has 0 bridgehead atoms. The lowest BCUT2D eigenvalue weighted by atomic mass is 10.3. The van der Waals surface area contributed by atoms with Gasteiger partial charge in [0, 0.05) is 38.6 Å². The Labute approximate surface area is 130 Å². The lowest BCUT2D eigenvalue weighted by molar-refractivity contribution is 0.467. The first-order valence-electron chi connectivity index (χ1n) is 6.80. The number of aromatic nitrogens is 1. The fraction of sp³-hybridized carbons (Fsp3) is 0.429. The molecule has 0 radical (unpaired) electrons. The second kappa shape index (κ2) is 6.74. The lowest BCUT2D eigenvalue weighted by Crippen LogP contribution is -2.26. The fourth-order valence-corrected chi connectivity index (χ4v) is 4.08. The molecule has 0 unspecified atom stereocenters. The maximum absolute atomic E-state index is 12.6. The average Bonchev–Trinajstić information content (AvgIpc) is 3.08. The summed E-state index contributed by atoms with van der Waals surface area (Å²) in [6.45, 7) is 3.80. The number of aryl methyl sites for hydroxylation is 1. The van der Waals surface area contributed by atoms with Crippen molar-refractivity contribution < 1.29 is 8.42 Å². The molecule has 116 valence electrons. The number of nitrogens with zero attached hydrogens (tertiary/aromatic N) is 2. The molecule has 21 heavy (non-hydrogen) atoms. The van der Waals surface area contributed by atoms with Gasteiger partial charge in [-0.15, -0.1) is 0 Å². The van der Waals surface area contributed by atoms with Crippen molar-refractivity contribution >= 4 is 21.4 Å². The maximum Gasteiger partial charge on any atom is 0.244 e. The van der Waals surface area contributed by atoms with Crippen molar-refractivity contribution in [1.82, 2.24) is 14.2 Å². The Balaban J connectivity index is 2.26. The molecule has 0 aromatic carbocycles. The molecule has 0 spiro atoms. The van der Waals surface area contributed by atoms with Crippen molar-refractivity contribution in [2.24, 2.45) is 0 Å². The van der Waals surface area contributed by atoms with Crippen LogP contribution in [-0.4, -0.2) is 31.4 Å². The summed E-state index contributed by atoms with van der Waals surface area (Å²) in [5, 5.41) is 6.98. The van der Waals surface area contributed by atoms with E-state index >= 15 is 0 Å². The van der Waals surface area contributed by atoms with Gasteiger partial charge in [-0.1, -0.05) is 0 Å². The number of thiophene rings is 1. The number of rotatable bonds is 7. The van der Waals surface area contributed by atoms with E-state index < -0.39 is 10.0 Å². The van der Waals surface area contributed by atoms with E-state index in [0.717, 1.165) is 17.8 Å². The van der Waals surface area contributed by atoms with E-state index in [-0.39, 0.29) is 0 Å². The molecule has 2 rings (SSSR count). The lowest BCUT2D eigenvalue weighted by Gasteiger charge is -2.15. The minimum Gasteiger partial charge on any atom is -0.349 e. The van der Waals surface area contributed by atoms with Gasteiger partial charge in [-0.2, -0.15) is 15.6 Å². The first-order valence-corrected chi connectivity index (χ1v) is 9.18. The first kappa shape index (κ1) is 16.2. The average molecular weight is 327 g/mol. The molecule has 7 heteroatoms. The predicted octanol–water partition coefficient (Wildman–Crippen LogP) is 2.11. The van der Waals surface area contributed by atoms with E-state index in [9.17, 15) is 8.42 Å². The Morgan fingerprint density at radius 3 is 2.76 bits per heavy atom. The van der Waals surface area contributed by atoms with Crippen LogP contribution in [0.15, 0.2) is 34.0 Å². The van der Waals surface area contributed by atoms with Crippen molar-refractivity contribution in [3.05, 3.63) is 40.3 Å². The molecule has 0 saturated heterocycles. The van der Waals surface area contributed by atoms with E-state index in [2.05, 4.69) is 5.32 Å². The third kappa shape index (κ3) is 3.55. The highest BCUT2D eigenvalue weighted by molar-refractivity contribution is 7.89. The molecule has 0 saturated carbocycles. The topological polar surface area (TPSA) is 54.3 Å². The van der Waals surface area contributed by atoms with Gasteiger partial charge in [0.25, 0.3) is 0 Å². The molecule has 0 atom stereocenters. The summed E-state index contributed by atoms with van der Waals surface area (Å²) in [5.74, 6) is 0. The summed E-state index contributed by atoms with van der Waals surface area (Å²) < 4.78 is 28.6. The van der Waals surface area contributed by atoms with Gasteiger partial charge in [0.05, 0.1) is 0 Å². The van der Waals surface area contributed by atoms with Crippen LogP contribution in [-0.2, 0) is 29.7 Å². The second-order valence-electron chi connectivity index (χ2n) is 4.88. The van der Waals surface area contributed by atoms with Gasteiger partial charge < -0.3 is 9.88 Å². The van der Waals surface area contributed by atoms with Crippen LogP contribution in [0.2, 0.25) is 0 Å². The Hall–Kier alpha value is -1.15. The second-order valence-corrected chi connectivity index (χ2v) is 7.70. The summed E-state index contributed by atoms with van der Waals surface area (Å²) in [6, 6.07) is 3.69. The van der Waals surface area contributed by atoms with Gasteiger partial charge in [0.1, 0.15) is 4.90 Å². The normalized spacial score (nSPS) is 12.2. The third-order valence-electron chi connectivity index (χ3n) is 3.35. The number of hydrogen-bond donors (Lipinski definition) is 1. The van der Waals surface area contributed by atoms with Crippen LogP contribution in [0.5, 0.6) is 0 Å². The first-order chi connectivity index (χ1) is 9.98. The molecule has 0 amide bonds. The van der Waals surface area contributed by atoms with E-state index in [0.29, 0.717) is 18.0 Å². The molecule has 0 fully saturated rings. The van der Waals surface area contributed by atoms with Gasteiger partial charge in [-0.05, 0) is 42.4 Å². The van der Waals surface area contributed by atoms with E-state index in [1.54, 1.807) is 30.6 Å². The van der Waals surface area contributed by atoms with Crippen LogP contribution in [0.25, 0.3) is 0 Å². The van der Waals surface area contributed by atoms with Gasteiger partial charge in [0.2, 0.25) is 10.0 Å². The summed E-state index contributed by atoms with van der Waals surface area (Å²) in [5.41, 5.74) is 1.99. The maximum atomic E-state index is 12.6. The number of nitrogens with one attached hydrogen (secondary N) is 1. The Kier molecular flexibility index (Phi) is 5.21. The quantitative estimate of drug-likeness (QED) is 0.847. The largest absolute Gasteiger partial charge is 0.349 e. The van der Waals surface area contributed by atoms with Gasteiger partial charge in [0.15, 0.2) is 0 Å². The van der Waals surface area contributed by atoms with Gasteiger partial charge in [-0.3, -0.25) is 0 Å². The standard InChI is InChI=1S/C14H21N3O2S2/c1-4-17-10-14(7-13(17)8-15-2)21(18,19)16(3)9-12-5-6-20-11-12/h5-7,10-11,15H,4,8-9H2,1-3H3. The number of hydrogen-bond acceptors (Lipinski definition) is 4. The molecule has 0 aliphatic rings. The molecule has 2 heterocycles. The molecule has 1 N–H and O–H groups in total. The molecule has 2 aromatic rings. The van der Waals surface area contributed by atoms with E-state index in [4.69, 9.17) is 0 Å². The molecule has 0 aliphatic carbocycles. The molecule has 5 nitrogen and oxygen atoms in total. The summed E-state index contributed by atoms with van der Waals surface area (Å²) in [7, 11) is 0.0143. The Morgan fingerprint density at radius 1 is 1.43 bits per heavy atom. The summed E-state index contributed by atoms with van der Waals surface area (Å²) in [4.78, 5) is 0.354. The van der Waals surface area contributed by atoms with Crippen LogP contribution < -0.4 is 5.32 Å². The van der Waals surface area contributed by atoms with Gasteiger partial charge >= 0.3 is 0 Å². The zero-order valence-corrected chi connectivity index (χ0v) is 14.2. The van der Waals surface area contributed by atoms with Crippen LogP contribution in [0.3, 0.4) is 0 Å². The van der Waals surface area contributed by atoms with Gasteiger partial charge in [-0.25, -0.2) is 8.42 Å². The van der Waals surface area contributed by atoms with Crippen molar-refractivity contribution in [3.8, 4) is 0 Å². The minimum atomic E-state index is -3.46. The molecular weight excluding hydrogens is 306 g/mol. The molecule has 0 aliphatic heterocycles. The van der Waals surface area contributed by atoms with Crippen molar-refractivity contribution in [2.75, 3.05) is 14.1 Å². The Morgan fingerprint density at radius 2 is 2.19 bits per heavy atom. The van der Waals surface area contributed by atoms with E-state index in [1.807, 2.05) is 35.4 Å².